The zero-order valence-electron chi connectivity index (χ0n) is 14.0. The molecular weight excluding hydrogens is 322 g/mol. The van der Waals surface area contributed by atoms with Crippen LogP contribution in [0, 0.1) is 13.8 Å². The Bertz CT molecular complexity index is 741. The van der Waals surface area contributed by atoms with Crippen molar-refractivity contribution in [3.8, 4) is 0 Å². The summed E-state index contributed by atoms with van der Waals surface area (Å²) in [6.45, 7) is 3.79. The minimum absolute atomic E-state index is 0.158. The third kappa shape index (κ3) is 4.61. The molecule has 126 valence electrons. The van der Waals surface area contributed by atoms with Gasteiger partial charge in [0.05, 0.1) is 12.5 Å². The highest BCUT2D eigenvalue weighted by Gasteiger charge is 2.20. The molecule has 0 aliphatic rings. The maximum absolute atomic E-state index is 12.6. The summed E-state index contributed by atoms with van der Waals surface area (Å²) >= 11 is 1.61. The van der Waals surface area contributed by atoms with E-state index in [2.05, 4.69) is 5.32 Å². The average Bonchev–Trinajstić information content (AvgIpc) is 2.56. The van der Waals surface area contributed by atoms with Crippen molar-refractivity contribution in [3.05, 3.63) is 64.7 Å². The molecule has 2 aromatic carbocycles. The summed E-state index contributed by atoms with van der Waals surface area (Å²) in [5.74, 6) is -1.20. The minimum Gasteiger partial charge on any atom is -0.481 e. The first-order chi connectivity index (χ1) is 11.4. The first kappa shape index (κ1) is 18.1. The van der Waals surface area contributed by atoms with Gasteiger partial charge in [-0.15, -0.1) is 11.8 Å². The van der Waals surface area contributed by atoms with Crippen LogP contribution in [0.3, 0.4) is 0 Å². The van der Waals surface area contributed by atoms with Crippen LogP contribution in [-0.4, -0.2) is 23.2 Å². The molecule has 5 heteroatoms. The molecule has 0 fully saturated rings. The van der Waals surface area contributed by atoms with Crippen molar-refractivity contribution in [2.24, 2.45) is 0 Å². The number of hydrogen-bond acceptors (Lipinski definition) is 3. The molecule has 4 nitrogen and oxygen atoms in total. The summed E-state index contributed by atoms with van der Waals surface area (Å²) < 4.78 is 0. The molecule has 0 heterocycles. The lowest BCUT2D eigenvalue weighted by atomic mass is 10.0. The summed E-state index contributed by atoms with van der Waals surface area (Å²) in [6.07, 6.45) is 1.82. The van der Waals surface area contributed by atoms with E-state index in [0.29, 0.717) is 5.56 Å². The molecule has 0 bridgehead atoms. The van der Waals surface area contributed by atoms with E-state index >= 15 is 0 Å². The molecule has 1 amide bonds. The van der Waals surface area contributed by atoms with Crippen molar-refractivity contribution in [1.29, 1.82) is 0 Å². The predicted octanol–water partition coefficient (Wildman–Crippen LogP) is 3.97. The lowest BCUT2D eigenvalue weighted by Crippen LogP contribution is -2.30. The van der Waals surface area contributed by atoms with Gasteiger partial charge in [0.25, 0.3) is 5.91 Å². The van der Waals surface area contributed by atoms with Crippen molar-refractivity contribution in [1.82, 2.24) is 5.32 Å². The maximum Gasteiger partial charge on any atom is 0.305 e. The van der Waals surface area contributed by atoms with E-state index < -0.39 is 12.0 Å². The zero-order chi connectivity index (χ0) is 17.7. The van der Waals surface area contributed by atoms with Crippen molar-refractivity contribution in [3.63, 3.8) is 0 Å². The van der Waals surface area contributed by atoms with Gasteiger partial charge in [0.15, 0.2) is 0 Å². The summed E-state index contributed by atoms with van der Waals surface area (Å²) in [6, 6.07) is 12.7. The Kier molecular flexibility index (Phi) is 6.04. The van der Waals surface area contributed by atoms with Crippen LogP contribution in [0.1, 0.15) is 39.5 Å². The van der Waals surface area contributed by atoms with Gasteiger partial charge >= 0.3 is 5.97 Å². The van der Waals surface area contributed by atoms with Gasteiger partial charge in [-0.25, -0.2) is 0 Å². The second-order valence-corrected chi connectivity index (χ2v) is 6.60. The summed E-state index contributed by atoms with van der Waals surface area (Å²) in [5.41, 5.74) is 3.22. The molecule has 2 aromatic rings. The molecule has 0 spiro atoms. The number of carbonyl (C=O) groups is 2. The van der Waals surface area contributed by atoms with E-state index in [9.17, 15) is 14.7 Å². The van der Waals surface area contributed by atoms with Crippen molar-refractivity contribution in [2.75, 3.05) is 6.26 Å². The Balaban J connectivity index is 2.26. The Morgan fingerprint density at radius 3 is 2.38 bits per heavy atom. The van der Waals surface area contributed by atoms with E-state index in [1.807, 2.05) is 62.6 Å². The molecule has 0 aliphatic heterocycles. The lowest BCUT2D eigenvalue weighted by Gasteiger charge is -2.19. The standard InChI is InChI=1S/C19H21NO3S/c1-12-4-5-13(2)16(10-12)19(23)20-17(11-18(21)22)14-6-8-15(24-3)9-7-14/h4-10,17H,11H2,1-3H3,(H,20,23)(H,21,22). The number of carboxylic acid groups (broad SMARTS) is 1. The SMILES string of the molecule is CSc1ccc(C(CC(=O)O)NC(=O)c2cc(C)ccc2C)cc1. The number of rotatable bonds is 6. The maximum atomic E-state index is 12.6. The van der Waals surface area contributed by atoms with Crippen molar-refractivity contribution >= 4 is 23.6 Å². The van der Waals surface area contributed by atoms with E-state index in [1.54, 1.807) is 11.8 Å². The lowest BCUT2D eigenvalue weighted by molar-refractivity contribution is -0.137. The highest BCUT2D eigenvalue weighted by atomic mass is 32.2. The highest BCUT2D eigenvalue weighted by molar-refractivity contribution is 7.98. The van der Waals surface area contributed by atoms with Crippen LogP contribution in [0.2, 0.25) is 0 Å². The molecule has 1 atom stereocenters. The second kappa shape index (κ2) is 8.02. The molecule has 0 aliphatic carbocycles. The van der Waals surface area contributed by atoms with Gasteiger partial charge in [0.1, 0.15) is 0 Å². The van der Waals surface area contributed by atoms with Crippen molar-refractivity contribution < 1.29 is 14.7 Å². The van der Waals surface area contributed by atoms with Crippen molar-refractivity contribution in [2.45, 2.75) is 31.2 Å². The number of thioether (sulfide) groups is 1. The number of benzene rings is 2. The number of nitrogens with one attached hydrogen (secondary N) is 1. The third-order valence-electron chi connectivity index (χ3n) is 3.84. The molecule has 2 N–H and O–H groups in total. The zero-order valence-corrected chi connectivity index (χ0v) is 14.8. The topological polar surface area (TPSA) is 66.4 Å². The van der Waals surface area contributed by atoms with Gasteiger partial charge in [0, 0.05) is 10.5 Å². The largest absolute Gasteiger partial charge is 0.481 e. The number of amides is 1. The quantitative estimate of drug-likeness (QED) is 0.779. The Hall–Kier alpha value is -2.27. The normalized spacial score (nSPS) is 11.8. The number of aryl methyl sites for hydroxylation is 2. The molecule has 1 unspecified atom stereocenters. The predicted molar refractivity (Wildman–Crippen MR) is 96.6 cm³/mol. The summed E-state index contributed by atoms with van der Waals surface area (Å²) in [7, 11) is 0. The highest BCUT2D eigenvalue weighted by Crippen LogP contribution is 2.22. The fourth-order valence-corrected chi connectivity index (χ4v) is 2.89. The molecule has 0 saturated carbocycles. The van der Waals surface area contributed by atoms with Crippen LogP contribution in [0.15, 0.2) is 47.4 Å². The van der Waals surface area contributed by atoms with Crippen LogP contribution in [0.4, 0.5) is 0 Å². The molecule has 2 rings (SSSR count). The monoisotopic (exact) mass is 343 g/mol. The Labute approximate surface area is 146 Å². The van der Waals surface area contributed by atoms with Gasteiger partial charge in [0.2, 0.25) is 0 Å². The molecule has 0 aromatic heterocycles. The minimum atomic E-state index is -0.949. The van der Waals surface area contributed by atoms with Gasteiger partial charge in [-0.2, -0.15) is 0 Å². The molecule has 0 radical (unpaired) electrons. The van der Waals surface area contributed by atoms with E-state index in [4.69, 9.17) is 0 Å². The fraction of sp³-hybridized carbons (Fsp3) is 0.263. The smallest absolute Gasteiger partial charge is 0.305 e. The van der Waals surface area contributed by atoms with Crippen LogP contribution in [0.25, 0.3) is 0 Å². The third-order valence-corrected chi connectivity index (χ3v) is 4.58. The van der Waals surface area contributed by atoms with Crippen LogP contribution >= 0.6 is 11.8 Å². The van der Waals surface area contributed by atoms with Gasteiger partial charge in [-0.1, -0.05) is 29.8 Å². The molecule has 24 heavy (non-hydrogen) atoms. The van der Waals surface area contributed by atoms with E-state index in [1.165, 1.54) is 0 Å². The fourth-order valence-electron chi connectivity index (χ4n) is 2.48. The summed E-state index contributed by atoms with van der Waals surface area (Å²) in [5, 5.41) is 12.0. The molecule has 0 saturated heterocycles. The summed E-state index contributed by atoms with van der Waals surface area (Å²) in [4.78, 5) is 24.9. The van der Waals surface area contributed by atoms with Crippen LogP contribution < -0.4 is 5.32 Å². The first-order valence-corrected chi connectivity index (χ1v) is 8.87. The first-order valence-electron chi connectivity index (χ1n) is 7.64. The van der Waals surface area contributed by atoms with Crippen LogP contribution in [-0.2, 0) is 4.79 Å². The number of carboxylic acids is 1. The van der Waals surface area contributed by atoms with Gasteiger partial charge in [-0.05, 0) is 49.4 Å². The molecular formula is C19H21NO3S. The van der Waals surface area contributed by atoms with E-state index in [-0.39, 0.29) is 12.3 Å². The Morgan fingerprint density at radius 2 is 1.79 bits per heavy atom. The van der Waals surface area contributed by atoms with Gasteiger partial charge < -0.3 is 10.4 Å². The van der Waals surface area contributed by atoms with Crippen LogP contribution in [0.5, 0.6) is 0 Å². The Morgan fingerprint density at radius 1 is 1.12 bits per heavy atom. The second-order valence-electron chi connectivity index (χ2n) is 5.72. The average molecular weight is 343 g/mol. The van der Waals surface area contributed by atoms with E-state index in [0.717, 1.165) is 21.6 Å². The number of aliphatic carboxylic acids is 1. The number of hydrogen-bond donors (Lipinski definition) is 2. The van der Waals surface area contributed by atoms with Gasteiger partial charge in [-0.3, -0.25) is 9.59 Å². The number of carbonyl (C=O) groups excluding carboxylic acids is 1.